The smallest absolute Gasteiger partial charge is 0.228 e. The van der Waals surface area contributed by atoms with Gasteiger partial charge in [0, 0.05) is 50.7 Å². The maximum atomic E-state index is 12.9. The van der Waals surface area contributed by atoms with Gasteiger partial charge in [-0.2, -0.15) is 0 Å². The van der Waals surface area contributed by atoms with Gasteiger partial charge in [0.2, 0.25) is 5.91 Å². The molecular formula is C15H28N4O. The van der Waals surface area contributed by atoms with E-state index >= 15 is 0 Å². The highest BCUT2D eigenvalue weighted by Gasteiger charge is 2.41. The van der Waals surface area contributed by atoms with Crippen LogP contribution in [0.25, 0.3) is 0 Å². The number of carbonyl (C=O) groups excluding carboxylic acids is 1. The van der Waals surface area contributed by atoms with E-state index in [-0.39, 0.29) is 5.41 Å². The molecule has 1 atom stereocenters. The third-order valence-corrected chi connectivity index (χ3v) is 5.41. The van der Waals surface area contributed by atoms with E-state index in [1.165, 1.54) is 0 Å². The monoisotopic (exact) mass is 280 g/mol. The van der Waals surface area contributed by atoms with Crippen molar-refractivity contribution in [3.05, 3.63) is 0 Å². The van der Waals surface area contributed by atoms with Crippen LogP contribution in [0.4, 0.5) is 0 Å². The van der Waals surface area contributed by atoms with Crippen LogP contribution in [-0.4, -0.2) is 86.1 Å². The van der Waals surface area contributed by atoms with Gasteiger partial charge in [0.25, 0.3) is 0 Å². The van der Waals surface area contributed by atoms with Gasteiger partial charge in [0.15, 0.2) is 0 Å². The lowest BCUT2D eigenvalue weighted by atomic mass is 9.79. The molecule has 0 aromatic heterocycles. The highest BCUT2D eigenvalue weighted by molar-refractivity contribution is 5.82. The fourth-order valence-electron chi connectivity index (χ4n) is 3.87. The minimum absolute atomic E-state index is 0.131. The summed E-state index contributed by atoms with van der Waals surface area (Å²) >= 11 is 0. The Morgan fingerprint density at radius 2 is 1.80 bits per heavy atom. The van der Waals surface area contributed by atoms with Crippen LogP contribution >= 0.6 is 0 Å². The molecule has 0 aliphatic carbocycles. The molecule has 5 heteroatoms. The molecule has 3 fully saturated rings. The number of hydrogen-bond donors (Lipinski definition) is 1. The number of piperazine rings is 2. The molecule has 3 saturated heterocycles. The summed E-state index contributed by atoms with van der Waals surface area (Å²) in [6, 6.07) is 0.539. The second kappa shape index (κ2) is 5.62. The Labute approximate surface area is 122 Å². The average Bonchev–Trinajstić information content (AvgIpc) is 2.46. The molecule has 114 valence electrons. The quantitative estimate of drug-likeness (QED) is 0.724. The summed E-state index contributed by atoms with van der Waals surface area (Å²) in [5, 5.41) is 3.36. The van der Waals surface area contributed by atoms with Crippen LogP contribution in [0, 0.1) is 5.41 Å². The summed E-state index contributed by atoms with van der Waals surface area (Å²) in [7, 11) is 2.19. The summed E-state index contributed by atoms with van der Waals surface area (Å²) < 4.78 is 0. The summed E-state index contributed by atoms with van der Waals surface area (Å²) in [5.74, 6) is 0.395. The Balaban J connectivity index is 1.64. The van der Waals surface area contributed by atoms with Gasteiger partial charge in [0.1, 0.15) is 0 Å². The first-order valence-corrected chi connectivity index (χ1v) is 8.01. The van der Waals surface area contributed by atoms with Gasteiger partial charge < -0.3 is 15.1 Å². The van der Waals surface area contributed by atoms with E-state index in [0.717, 1.165) is 65.2 Å². The Hall–Kier alpha value is -0.650. The van der Waals surface area contributed by atoms with Gasteiger partial charge in [-0.1, -0.05) is 6.92 Å². The summed E-state index contributed by atoms with van der Waals surface area (Å²) in [4.78, 5) is 20.0. The lowest BCUT2D eigenvalue weighted by molar-refractivity contribution is -0.146. The van der Waals surface area contributed by atoms with Crippen LogP contribution in [0.5, 0.6) is 0 Å². The van der Waals surface area contributed by atoms with E-state index in [0.29, 0.717) is 11.9 Å². The standard InChI is InChI=1S/C15H28N4O/c1-15(3-5-16-6-4-15)14(20)19-10-9-18-8-7-17(2)11-13(18)12-19/h13,16H,3-12H2,1-2H3/t13-/m1/s1. The number of fused-ring (bicyclic) bond motifs is 1. The van der Waals surface area contributed by atoms with E-state index in [2.05, 4.69) is 34.0 Å². The molecule has 1 N–H and O–H groups in total. The zero-order chi connectivity index (χ0) is 14.2. The Kier molecular flexibility index (Phi) is 4.02. The molecule has 1 amide bonds. The van der Waals surface area contributed by atoms with E-state index in [1.807, 2.05) is 0 Å². The molecule has 0 bridgehead atoms. The molecule has 5 nitrogen and oxygen atoms in total. The van der Waals surface area contributed by atoms with Gasteiger partial charge in [-0.3, -0.25) is 9.69 Å². The first-order valence-electron chi connectivity index (χ1n) is 8.01. The lowest BCUT2D eigenvalue weighted by Gasteiger charge is -2.48. The molecule has 0 spiro atoms. The SMILES string of the molecule is CN1CCN2CCN(C(=O)C3(C)CCNCC3)C[C@H]2C1. The minimum atomic E-state index is -0.131. The van der Waals surface area contributed by atoms with Crippen molar-refractivity contribution in [1.29, 1.82) is 0 Å². The van der Waals surface area contributed by atoms with Crippen LogP contribution in [0.3, 0.4) is 0 Å². The maximum Gasteiger partial charge on any atom is 0.228 e. The van der Waals surface area contributed by atoms with Crippen molar-refractivity contribution in [3.63, 3.8) is 0 Å². The number of likely N-dealkylation sites (N-methyl/N-ethyl adjacent to an activating group) is 1. The first kappa shape index (κ1) is 14.3. The van der Waals surface area contributed by atoms with E-state index < -0.39 is 0 Å². The highest BCUT2D eigenvalue weighted by Crippen LogP contribution is 2.31. The lowest BCUT2D eigenvalue weighted by Crippen LogP contribution is -2.63. The fourth-order valence-corrected chi connectivity index (χ4v) is 3.87. The van der Waals surface area contributed by atoms with Gasteiger partial charge in [0.05, 0.1) is 0 Å². The number of piperidine rings is 1. The highest BCUT2D eigenvalue weighted by atomic mass is 16.2. The Morgan fingerprint density at radius 1 is 1.10 bits per heavy atom. The molecule has 3 rings (SSSR count). The van der Waals surface area contributed by atoms with Crippen molar-refractivity contribution < 1.29 is 4.79 Å². The number of amides is 1. The van der Waals surface area contributed by atoms with Crippen LogP contribution in [0.1, 0.15) is 19.8 Å². The Bertz CT molecular complexity index is 367. The topological polar surface area (TPSA) is 38.8 Å². The Morgan fingerprint density at radius 3 is 2.55 bits per heavy atom. The van der Waals surface area contributed by atoms with Gasteiger partial charge in [-0.25, -0.2) is 0 Å². The third-order valence-electron chi connectivity index (χ3n) is 5.41. The second-order valence-corrected chi connectivity index (χ2v) is 7.01. The summed E-state index contributed by atoms with van der Waals surface area (Å²) in [5.41, 5.74) is -0.131. The molecule has 0 saturated carbocycles. The van der Waals surface area contributed by atoms with Crippen molar-refractivity contribution in [2.75, 3.05) is 59.4 Å². The van der Waals surface area contributed by atoms with Crippen LogP contribution in [0.2, 0.25) is 0 Å². The average molecular weight is 280 g/mol. The van der Waals surface area contributed by atoms with E-state index in [9.17, 15) is 4.79 Å². The predicted octanol–water partition coefficient (Wildman–Crippen LogP) is -0.166. The van der Waals surface area contributed by atoms with Crippen molar-refractivity contribution in [3.8, 4) is 0 Å². The largest absolute Gasteiger partial charge is 0.339 e. The maximum absolute atomic E-state index is 12.9. The molecule has 3 heterocycles. The molecule has 0 unspecified atom stereocenters. The molecule has 0 radical (unpaired) electrons. The zero-order valence-corrected chi connectivity index (χ0v) is 12.9. The normalized spacial score (nSPS) is 31.9. The molecule has 0 aromatic rings. The molecule has 0 aromatic carbocycles. The van der Waals surface area contributed by atoms with Crippen molar-refractivity contribution in [1.82, 2.24) is 20.0 Å². The summed E-state index contributed by atoms with van der Waals surface area (Å²) in [6.07, 6.45) is 1.97. The van der Waals surface area contributed by atoms with Crippen LogP contribution in [0.15, 0.2) is 0 Å². The van der Waals surface area contributed by atoms with Crippen molar-refractivity contribution in [2.24, 2.45) is 5.41 Å². The van der Waals surface area contributed by atoms with E-state index in [1.54, 1.807) is 0 Å². The van der Waals surface area contributed by atoms with Crippen LogP contribution < -0.4 is 5.32 Å². The van der Waals surface area contributed by atoms with Gasteiger partial charge in [-0.15, -0.1) is 0 Å². The minimum Gasteiger partial charge on any atom is -0.339 e. The van der Waals surface area contributed by atoms with Gasteiger partial charge >= 0.3 is 0 Å². The number of nitrogens with zero attached hydrogens (tertiary/aromatic N) is 3. The number of nitrogens with one attached hydrogen (secondary N) is 1. The van der Waals surface area contributed by atoms with Crippen LogP contribution in [-0.2, 0) is 4.79 Å². The third kappa shape index (κ3) is 2.71. The molecule has 20 heavy (non-hydrogen) atoms. The predicted molar refractivity (Wildman–Crippen MR) is 79.6 cm³/mol. The van der Waals surface area contributed by atoms with Gasteiger partial charge in [-0.05, 0) is 33.0 Å². The number of hydrogen-bond acceptors (Lipinski definition) is 4. The molecular weight excluding hydrogens is 252 g/mol. The first-order chi connectivity index (χ1) is 9.58. The number of carbonyl (C=O) groups is 1. The second-order valence-electron chi connectivity index (χ2n) is 7.01. The van der Waals surface area contributed by atoms with E-state index in [4.69, 9.17) is 0 Å². The van der Waals surface area contributed by atoms with Crippen molar-refractivity contribution in [2.45, 2.75) is 25.8 Å². The number of rotatable bonds is 1. The molecule has 3 aliphatic heterocycles. The summed E-state index contributed by atoms with van der Waals surface area (Å²) in [6.45, 7) is 10.4. The molecule has 3 aliphatic rings. The zero-order valence-electron chi connectivity index (χ0n) is 12.9. The fraction of sp³-hybridized carbons (Fsp3) is 0.933. The van der Waals surface area contributed by atoms with Crippen molar-refractivity contribution >= 4 is 5.91 Å².